The Kier molecular flexibility index (Phi) is 64.7. The number of aromatic hydroxyl groups is 6. The van der Waals surface area contributed by atoms with Gasteiger partial charge >= 0.3 is 35.8 Å². The number of hydrogen-bond acceptors (Lipinski definition) is 30. The summed E-state index contributed by atoms with van der Waals surface area (Å²) in [5, 5.41) is 58.0. The van der Waals surface area contributed by atoms with Gasteiger partial charge in [0.05, 0.1) is 56.3 Å². The molecule has 0 radical (unpaired) electrons. The van der Waals surface area contributed by atoms with Crippen molar-refractivity contribution < 1.29 is 116 Å². The van der Waals surface area contributed by atoms with E-state index >= 15 is 0 Å². The molecule has 0 aliphatic heterocycles. The van der Waals surface area contributed by atoms with Gasteiger partial charge in [0, 0.05) is 54.5 Å². The predicted molar refractivity (Wildman–Crippen MR) is 556 cm³/mol. The summed E-state index contributed by atoms with van der Waals surface area (Å²) in [6.07, 6.45) is 5.43. The van der Waals surface area contributed by atoms with Crippen LogP contribution in [0, 0.1) is 35.5 Å². The van der Waals surface area contributed by atoms with Gasteiger partial charge in [-0.2, -0.15) is 0 Å². The molecule has 0 spiro atoms. The molecule has 0 bridgehead atoms. The van der Waals surface area contributed by atoms with E-state index in [2.05, 4.69) is 172 Å². The van der Waals surface area contributed by atoms with Crippen molar-refractivity contribution in [3.63, 3.8) is 0 Å². The average Bonchev–Trinajstić information content (AvgIpc) is 1.47. The minimum absolute atomic E-state index is 0.0200. The third kappa shape index (κ3) is 46.5. The molecule has 0 heterocycles. The van der Waals surface area contributed by atoms with Gasteiger partial charge in [-0.1, -0.05) is 179 Å². The SMILES string of the molecule is CCCCOc1cc(C(=O)OC[C@H](C(C)C)N(C)C)ccc1O.CCCCOc1cc(O)ccc1C(=O)OC[C@H](C(C)C)N(C)C.CCCOc1cc(C(=O)OC[C@H](C(C)C)N(CC)CC)ccc1O.CCCOc1cc(O)ccc1C(=O)OC[C@H](C(C)C)N(CC)CC.CCOc1cc(C(=O)OC[C@H](C(C)C)N(CC)CC)ccc1O.CCOc1cc(O)ccc1C(=O)OC[C@H](C(C)C)N(CC)CC. The summed E-state index contributed by atoms with van der Waals surface area (Å²) in [5.41, 5.74) is 2.19. The Balaban J connectivity index is 0.000000840. The normalized spacial score (nSPS) is 12.5. The smallest absolute Gasteiger partial charge is 0.341 e. The summed E-state index contributed by atoms with van der Waals surface area (Å²) in [6.45, 7) is 66.2. The van der Waals surface area contributed by atoms with Crippen LogP contribution in [0.1, 0.15) is 281 Å². The second kappa shape index (κ2) is 71.0. The highest BCUT2D eigenvalue weighted by atomic mass is 16.6. The second-order valence-corrected chi connectivity index (χ2v) is 36.3. The summed E-state index contributed by atoms with van der Waals surface area (Å²) in [7, 11) is 7.88. The molecule has 6 N–H and O–H groups in total. The lowest BCUT2D eigenvalue weighted by atomic mass is 10.0. The van der Waals surface area contributed by atoms with E-state index in [1.54, 1.807) is 30.3 Å². The molecule has 140 heavy (non-hydrogen) atoms. The zero-order valence-corrected chi connectivity index (χ0v) is 90.4. The number of phenolic OH excluding ortho intramolecular Hbond substituents is 6. The molecular formula is C110H178N6O24. The lowest BCUT2D eigenvalue weighted by Gasteiger charge is -2.32. The number of nitrogens with zero attached hydrogens (tertiary/aromatic N) is 6. The van der Waals surface area contributed by atoms with Gasteiger partial charge in [-0.3, -0.25) is 19.6 Å². The van der Waals surface area contributed by atoms with E-state index in [1.165, 1.54) is 78.9 Å². The molecule has 0 saturated heterocycles. The van der Waals surface area contributed by atoms with Crippen molar-refractivity contribution in [1.29, 1.82) is 0 Å². The third-order valence-electron chi connectivity index (χ3n) is 23.6. The number of likely N-dealkylation sites (N-methyl/N-ethyl adjacent to an activating group) is 6. The fraction of sp³-hybridized carbons (Fsp3) is 0.618. The zero-order valence-electron chi connectivity index (χ0n) is 90.4. The molecule has 0 aromatic heterocycles. The molecule has 30 heteroatoms. The molecule has 0 amide bonds. The molecule has 0 unspecified atom stereocenters. The van der Waals surface area contributed by atoms with E-state index in [9.17, 15) is 59.4 Å². The first-order valence-electron chi connectivity index (χ1n) is 50.6. The molecule has 6 aromatic carbocycles. The Morgan fingerprint density at radius 1 is 0.250 bits per heavy atom. The van der Waals surface area contributed by atoms with Gasteiger partial charge in [0.2, 0.25) is 0 Å². The number of carbonyl (C=O) groups excluding carboxylic acids is 6. The minimum atomic E-state index is -0.427. The van der Waals surface area contributed by atoms with Crippen molar-refractivity contribution >= 4 is 35.8 Å². The maximum absolute atomic E-state index is 12.5. The number of unbranched alkanes of at least 4 members (excludes halogenated alkanes) is 2. The van der Waals surface area contributed by atoms with Gasteiger partial charge in [-0.15, -0.1) is 0 Å². The van der Waals surface area contributed by atoms with E-state index in [4.69, 9.17) is 56.8 Å². The third-order valence-corrected chi connectivity index (χ3v) is 23.6. The van der Waals surface area contributed by atoms with Crippen LogP contribution in [0.25, 0.3) is 0 Å². The van der Waals surface area contributed by atoms with E-state index in [-0.39, 0.29) is 70.7 Å². The molecule has 0 aliphatic rings. The number of carbonyl (C=O) groups is 6. The summed E-state index contributed by atoms with van der Waals surface area (Å²) in [4.78, 5) is 87.3. The van der Waals surface area contributed by atoms with E-state index in [0.717, 1.165) is 90.9 Å². The Hall–Kier alpha value is -10.5. The van der Waals surface area contributed by atoms with Crippen molar-refractivity contribution in [3.05, 3.63) is 143 Å². The summed E-state index contributed by atoms with van der Waals surface area (Å²) in [5.74, 6) is 2.14. The van der Waals surface area contributed by atoms with E-state index < -0.39 is 35.8 Å². The molecule has 30 nitrogen and oxygen atoms in total. The van der Waals surface area contributed by atoms with Crippen LogP contribution in [-0.4, -0.2) is 292 Å². The minimum Gasteiger partial charge on any atom is -0.508 e. The fourth-order valence-electron chi connectivity index (χ4n) is 15.0. The monoisotopic (exact) mass is 1970 g/mol. The van der Waals surface area contributed by atoms with Gasteiger partial charge in [0.15, 0.2) is 34.5 Å². The van der Waals surface area contributed by atoms with Gasteiger partial charge in [-0.05, 0) is 247 Å². The van der Waals surface area contributed by atoms with Gasteiger partial charge < -0.3 is 97.3 Å². The molecule has 6 aromatic rings. The molecule has 0 aliphatic carbocycles. The number of hydrogen-bond donors (Lipinski definition) is 6. The van der Waals surface area contributed by atoms with E-state index in [1.807, 2.05) is 65.7 Å². The molecule has 6 rings (SSSR count). The largest absolute Gasteiger partial charge is 0.508 e. The number of esters is 6. The summed E-state index contributed by atoms with van der Waals surface area (Å²) >= 11 is 0. The average molecular weight is 1970 g/mol. The molecule has 0 fully saturated rings. The fourth-order valence-corrected chi connectivity index (χ4v) is 15.0. The van der Waals surface area contributed by atoms with Crippen LogP contribution >= 0.6 is 0 Å². The van der Waals surface area contributed by atoms with Crippen LogP contribution in [0.4, 0.5) is 0 Å². The highest BCUT2D eigenvalue weighted by Gasteiger charge is 2.30. The van der Waals surface area contributed by atoms with Gasteiger partial charge in [0.1, 0.15) is 90.8 Å². The maximum Gasteiger partial charge on any atom is 0.341 e. The highest BCUT2D eigenvalue weighted by molar-refractivity contribution is 5.95. The van der Waals surface area contributed by atoms with Crippen molar-refractivity contribution in [2.45, 2.75) is 255 Å². The Morgan fingerprint density at radius 2 is 0.464 bits per heavy atom. The van der Waals surface area contributed by atoms with Gasteiger partial charge in [-0.25, -0.2) is 28.8 Å². The quantitative estimate of drug-likeness (QED) is 0.0117. The Labute approximate surface area is 838 Å². The van der Waals surface area contributed by atoms with Crippen LogP contribution in [0.3, 0.4) is 0 Å². The summed E-state index contributed by atoms with van der Waals surface area (Å²) in [6, 6.07) is 28.0. The number of ether oxygens (including phenoxy) is 12. The lowest BCUT2D eigenvalue weighted by molar-refractivity contribution is 0.0279. The van der Waals surface area contributed by atoms with Crippen molar-refractivity contribution in [2.75, 3.05) is 160 Å². The molecule has 792 valence electrons. The Bertz CT molecular complexity index is 4430. The maximum atomic E-state index is 12.5. The number of rotatable bonds is 56. The summed E-state index contributed by atoms with van der Waals surface area (Å²) < 4.78 is 65.8. The standard InChI is InChI=1S/2C19H31NO4.4C18H29NO4/c1-6-11-23-18-12-15(9-10-17(18)21)19(22)24-13-16(14(4)5)20(7-2)8-3;1-6-11-23-18-12-15(21)9-10-16(18)19(22)24-13-17(14(4)5)20(7-2)8-3;1-6-7-10-22-17-11-14(8-9-16(17)20)18(21)23-12-15(13(2)3)19(4)5;1-6-7-10-22-17-11-14(20)8-9-15(17)18(21)23-12-16(13(2)3)19(4)5;1-6-19(7-2)15(13(4)5)12-23-18(21)14-9-10-16(20)17(11-14)22-8-3;1-6-19(7-2)16(13(4)5)12-23-18(21)15-10-9-14(20)11-17(15)22-8-3/h9-10,12,14,16,21H,6-8,11,13H2,1-5H3;9-10,12,14,17,21H,6-8,11,13H2,1-5H3;8-9,11,13,15,20H,6-7,10,12H2,1-5H3;8-9,11,13,16,20H,6-7,10,12H2,1-5H3;9-11,13,15,20H,6-8,12H2,1-5H3;9-11,13,16,20H,6-8,12H2,1-5H3/t16-;17-;15-;16-;15-;16-/m111111/s1. The molecule has 0 saturated carbocycles. The van der Waals surface area contributed by atoms with Crippen LogP contribution in [-0.2, 0) is 28.4 Å². The first-order chi connectivity index (χ1) is 66.5. The Morgan fingerprint density at radius 3 is 0.693 bits per heavy atom. The van der Waals surface area contributed by atoms with Crippen molar-refractivity contribution in [2.24, 2.45) is 35.5 Å². The number of benzene rings is 6. The van der Waals surface area contributed by atoms with Crippen molar-refractivity contribution in [1.82, 2.24) is 29.4 Å². The van der Waals surface area contributed by atoms with Gasteiger partial charge in [0.25, 0.3) is 0 Å². The van der Waals surface area contributed by atoms with Crippen LogP contribution < -0.4 is 28.4 Å². The van der Waals surface area contributed by atoms with Crippen molar-refractivity contribution in [3.8, 4) is 69.0 Å². The second-order valence-electron chi connectivity index (χ2n) is 36.3. The number of phenols is 6. The van der Waals surface area contributed by atoms with Crippen LogP contribution in [0.2, 0.25) is 0 Å². The predicted octanol–water partition coefficient (Wildman–Crippen LogP) is 20.7. The highest BCUT2D eigenvalue weighted by Crippen LogP contribution is 2.34. The zero-order chi connectivity index (χ0) is 106. The van der Waals surface area contributed by atoms with E-state index in [0.29, 0.717) is 183 Å². The first-order valence-corrected chi connectivity index (χ1v) is 50.6. The lowest BCUT2D eigenvalue weighted by Crippen LogP contribution is -2.42. The topological polar surface area (TPSA) is 354 Å². The molecular weight excluding hydrogens is 1790 g/mol. The van der Waals surface area contributed by atoms with Crippen LogP contribution in [0.15, 0.2) is 109 Å². The first kappa shape index (κ1) is 128. The molecule has 6 atom stereocenters. The van der Waals surface area contributed by atoms with Crippen LogP contribution in [0.5, 0.6) is 69.0 Å².